The second kappa shape index (κ2) is 13.3. The number of nitrogens with one attached hydrogen (secondary N) is 1. The number of hydrogen-bond donors (Lipinski definition) is 1. The third-order valence-electron chi connectivity index (χ3n) is 6.03. The summed E-state index contributed by atoms with van der Waals surface area (Å²) in [5.41, 5.74) is 2.68. The molecule has 3 aromatic carbocycles. The van der Waals surface area contributed by atoms with Gasteiger partial charge in [-0.3, -0.25) is 9.59 Å². The molecular formula is C29H32Cl2N2O3. The van der Waals surface area contributed by atoms with Crippen molar-refractivity contribution in [2.75, 3.05) is 6.61 Å². The topological polar surface area (TPSA) is 58.6 Å². The maximum Gasteiger partial charge on any atom is 0.261 e. The van der Waals surface area contributed by atoms with Crippen LogP contribution in [0, 0.1) is 6.92 Å². The van der Waals surface area contributed by atoms with Crippen LogP contribution in [-0.4, -0.2) is 35.4 Å². The lowest BCUT2D eigenvalue weighted by atomic mass is 10.0. The molecule has 0 aromatic heterocycles. The molecule has 36 heavy (non-hydrogen) atoms. The molecule has 3 rings (SSSR count). The van der Waals surface area contributed by atoms with Crippen molar-refractivity contribution in [3.05, 3.63) is 99.5 Å². The first-order chi connectivity index (χ1) is 17.3. The molecule has 0 bridgehead atoms. The number of carbonyl (C=O) groups excluding carboxylic acids is 2. The second-order valence-corrected chi connectivity index (χ2v) is 9.71. The molecule has 0 radical (unpaired) electrons. The third-order valence-corrected chi connectivity index (χ3v) is 6.71. The first kappa shape index (κ1) is 27.6. The lowest BCUT2D eigenvalue weighted by molar-refractivity contribution is -0.143. The minimum Gasteiger partial charge on any atom is -0.484 e. The second-order valence-electron chi connectivity index (χ2n) is 8.87. The molecule has 0 aliphatic carbocycles. The molecule has 190 valence electrons. The standard InChI is InChI=1S/C29H32Cl2N2O3/c1-4-21(3)32-29(35)27(17-22-8-6-5-7-9-22)33(18-23-10-12-24(30)13-11-23)28(34)19-36-25-14-15-26(31)20(2)16-25/h5-16,21,27H,4,17-19H2,1-3H3,(H,32,35)/t21-,27+/m0/s1. The van der Waals surface area contributed by atoms with E-state index in [0.29, 0.717) is 22.2 Å². The Bertz CT molecular complexity index is 1150. The van der Waals surface area contributed by atoms with Crippen LogP contribution in [0.5, 0.6) is 5.75 Å². The summed E-state index contributed by atoms with van der Waals surface area (Å²) in [5, 5.41) is 4.29. The van der Waals surface area contributed by atoms with Crippen molar-refractivity contribution in [3.8, 4) is 5.75 Å². The molecule has 3 aromatic rings. The van der Waals surface area contributed by atoms with Crippen LogP contribution in [-0.2, 0) is 22.6 Å². The molecule has 1 N–H and O–H groups in total. The number of carbonyl (C=O) groups is 2. The van der Waals surface area contributed by atoms with Crippen molar-refractivity contribution in [2.45, 2.75) is 52.2 Å². The molecular weight excluding hydrogens is 495 g/mol. The van der Waals surface area contributed by atoms with Crippen molar-refractivity contribution < 1.29 is 14.3 Å². The van der Waals surface area contributed by atoms with Gasteiger partial charge in [0.1, 0.15) is 11.8 Å². The molecule has 0 fully saturated rings. The Morgan fingerprint density at radius 1 is 0.972 bits per heavy atom. The lowest BCUT2D eigenvalue weighted by Crippen LogP contribution is -2.53. The van der Waals surface area contributed by atoms with E-state index in [1.54, 1.807) is 35.2 Å². The van der Waals surface area contributed by atoms with Crippen LogP contribution in [0.4, 0.5) is 0 Å². The van der Waals surface area contributed by atoms with Gasteiger partial charge < -0.3 is 15.0 Å². The van der Waals surface area contributed by atoms with Crippen LogP contribution >= 0.6 is 23.2 Å². The van der Waals surface area contributed by atoms with Gasteiger partial charge in [0.05, 0.1) is 0 Å². The maximum atomic E-state index is 13.6. The molecule has 0 saturated carbocycles. The van der Waals surface area contributed by atoms with Gasteiger partial charge in [-0.25, -0.2) is 0 Å². The molecule has 5 nitrogen and oxygen atoms in total. The summed E-state index contributed by atoms with van der Waals surface area (Å²) in [6, 6.07) is 21.5. The average molecular weight is 527 g/mol. The first-order valence-corrected chi connectivity index (χ1v) is 12.8. The Hall–Kier alpha value is -3.02. The highest BCUT2D eigenvalue weighted by atomic mass is 35.5. The van der Waals surface area contributed by atoms with Crippen LogP contribution in [0.15, 0.2) is 72.8 Å². The van der Waals surface area contributed by atoms with Gasteiger partial charge in [-0.2, -0.15) is 0 Å². The lowest BCUT2D eigenvalue weighted by Gasteiger charge is -2.32. The minimum atomic E-state index is -0.722. The van der Waals surface area contributed by atoms with Gasteiger partial charge in [0.15, 0.2) is 6.61 Å². The average Bonchev–Trinajstić information content (AvgIpc) is 2.88. The summed E-state index contributed by atoms with van der Waals surface area (Å²) >= 11 is 12.2. The molecule has 0 aliphatic rings. The Labute approximate surface area is 223 Å². The van der Waals surface area contributed by atoms with Crippen LogP contribution < -0.4 is 10.1 Å². The van der Waals surface area contributed by atoms with E-state index in [1.165, 1.54) is 0 Å². The van der Waals surface area contributed by atoms with Gasteiger partial charge in [0.2, 0.25) is 5.91 Å². The third kappa shape index (κ3) is 8.00. The fourth-order valence-corrected chi connectivity index (χ4v) is 3.96. The Kier molecular flexibility index (Phi) is 10.2. The normalized spacial score (nSPS) is 12.5. The zero-order chi connectivity index (χ0) is 26.1. The SMILES string of the molecule is CC[C@H](C)NC(=O)[C@@H](Cc1ccccc1)N(Cc1ccc(Cl)cc1)C(=O)COc1ccc(Cl)c(C)c1. The zero-order valence-electron chi connectivity index (χ0n) is 20.8. The molecule has 2 atom stereocenters. The molecule has 0 heterocycles. The van der Waals surface area contributed by atoms with E-state index in [-0.39, 0.29) is 31.0 Å². The van der Waals surface area contributed by atoms with Crippen LogP contribution in [0.1, 0.15) is 37.0 Å². The van der Waals surface area contributed by atoms with Crippen molar-refractivity contribution in [1.29, 1.82) is 0 Å². The predicted octanol–water partition coefficient (Wildman–Crippen LogP) is 6.24. The molecule has 0 aliphatic heterocycles. The van der Waals surface area contributed by atoms with E-state index in [9.17, 15) is 9.59 Å². The summed E-state index contributed by atoms with van der Waals surface area (Å²) in [6.07, 6.45) is 1.16. The van der Waals surface area contributed by atoms with Gasteiger partial charge in [0, 0.05) is 29.1 Å². The fraction of sp³-hybridized carbons (Fsp3) is 0.310. The fourth-order valence-electron chi connectivity index (χ4n) is 3.72. The number of ether oxygens (including phenoxy) is 1. The number of halogens is 2. The predicted molar refractivity (Wildman–Crippen MR) is 146 cm³/mol. The largest absolute Gasteiger partial charge is 0.484 e. The van der Waals surface area contributed by atoms with E-state index in [0.717, 1.165) is 23.1 Å². The van der Waals surface area contributed by atoms with E-state index >= 15 is 0 Å². The van der Waals surface area contributed by atoms with Crippen molar-refractivity contribution in [2.24, 2.45) is 0 Å². The van der Waals surface area contributed by atoms with Crippen molar-refractivity contribution >= 4 is 35.0 Å². The van der Waals surface area contributed by atoms with Gasteiger partial charge >= 0.3 is 0 Å². The highest BCUT2D eigenvalue weighted by Gasteiger charge is 2.31. The van der Waals surface area contributed by atoms with Crippen molar-refractivity contribution in [3.63, 3.8) is 0 Å². The Morgan fingerprint density at radius 3 is 2.31 bits per heavy atom. The monoisotopic (exact) mass is 526 g/mol. The summed E-state index contributed by atoms with van der Waals surface area (Å²) in [4.78, 5) is 28.7. The minimum absolute atomic E-state index is 0.0171. The number of nitrogens with zero attached hydrogens (tertiary/aromatic N) is 1. The summed E-state index contributed by atoms with van der Waals surface area (Å²) in [7, 11) is 0. The number of hydrogen-bond acceptors (Lipinski definition) is 3. The Morgan fingerprint density at radius 2 is 1.67 bits per heavy atom. The van der Waals surface area contributed by atoms with Gasteiger partial charge in [-0.1, -0.05) is 72.6 Å². The summed E-state index contributed by atoms with van der Waals surface area (Å²) < 4.78 is 5.82. The van der Waals surface area contributed by atoms with Gasteiger partial charge in [-0.15, -0.1) is 0 Å². The molecule has 7 heteroatoms. The number of rotatable bonds is 11. The van der Waals surface area contributed by atoms with Crippen LogP contribution in [0.2, 0.25) is 10.0 Å². The summed E-state index contributed by atoms with van der Waals surface area (Å²) in [5.74, 6) is 0.0519. The first-order valence-electron chi connectivity index (χ1n) is 12.0. The summed E-state index contributed by atoms with van der Waals surface area (Å²) in [6.45, 7) is 5.87. The van der Waals surface area contributed by atoms with E-state index < -0.39 is 6.04 Å². The van der Waals surface area contributed by atoms with E-state index in [4.69, 9.17) is 27.9 Å². The number of aryl methyl sites for hydroxylation is 1. The van der Waals surface area contributed by atoms with E-state index in [1.807, 2.05) is 63.2 Å². The van der Waals surface area contributed by atoms with Gasteiger partial charge in [0.25, 0.3) is 5.91 Å². The van der Waals surface area contributed by atoms with E-state index in [2.05, 4.69) is 5.32 Å². The smallest absolute Gasteiger partial charge is 0.261 e. The highest BCUT2D eigenvalue weighted by molar-refractivity contribution is 6.31. The quantitative estimate of drug-likeness (QED) is 0.322. The van der Waals surface area contributed by atoms with Gasteiger partial charge in [-0.05, 0) is 67.3 Å². The van der Waals surface area contributed by atoms with Crippen LogP contribution in [0.3, 0.4) is 0 Å². The molecule has 0 spiro atoms. The maximum absolute atomic E-state index is 13.6. The number of amides is 2. The van der Waals surface area contributed by atoms with Crippen molar-refractivity contribution in [1.82, 2.24) is 10.2 Å². The molecule has 0 unspecified atom stereocenters. The van der Waals surface area contributed by atoms with Crippen LogP contribution in [0.25, 0.3) is 0 Å². The Balaban J connectivity index is 1.90. The molecule has 0 saturated heterocycles. The number of benzene rings is 3. The molecule has 2 amide bonds. The zero-order valence-corrected chi connectivity index (χ0v) is 22.4. The highest BCUT2D eigenvalue weighted by Crippen LogP contribution is 2.22.